The van der Waals surface area contributed by atoms with Crippen LogP contribution in [0.15, 0.2) is 10.2 Å². The minimum absolute atomic E-state index is 0.231. The highest BCUT2D eigenvalue weighted by molar-refractivity contribution is 5.77. The third-order valence-electron chi connectivity index (χ3n) is 5.31. The summed E-state index contributed by atoms with van der Waals surface area (Å²) in [5.41, 5.74) is -6.60. The van der Waals surface area contributed by atoms with Crippen molar-refractivity contribution in [1.82, 2.24) is 0 Å². The Morgan fingerprint density at radius 1 is 0.812 bits per heavy atom. The lowest BCUT2D eigenvalue weighted by molar-refractivity contribution is -0.333. The number of rotatable bonds is 12. The zero-order valence-corrected chi connectivity index (χ0v) is 19.8. The van der Waals surface area contributed by atoms with Crippen molar-refractivity contribution in [1.29, 1.82) is 10.5 Å². The van der Waals surface area contributed by atoms with Gasteiger partial charge in [-0.1, -0.05) is 41.5 Å². The van der Waals surface area contributed by atoms with Gasteiger partial charge in [0.15, 0.2) is 0 Å². The van der Waals surface area contributed by atoms with Gasteiger partial charge in [0.2, 0.25) is 11.4 Å². The normalized spacial score (nSPS) is 16.3. The van der Waals surface area contributed by atoms with Crippen molar-refractivity contribution < 1.29 is 39.4 Å². The molecule has 0 saturated heterocycles. The third kappa shape index (κ3) is 7.32. The third-order valence-corrected chi connectivity index (χ3v) is 5.31. The topological polar surface area (TPSA) is 184 Å². The first-order chi connectivity index (χ1) is 14.4. The second kappa shape index (κ2) is 10.6. The van der Waals surface area contributed by atoms with Crippen LogP contribution in [-0.4, -0.2) is 33.6 Å². The summed E-state index contributed by atoms with van der Waals surface area (Å²) in [5, 5.41) is 44.7. The summed E-state index contributed by atoms with van der Waals surface area (Å²) in [7, 11) is 0. The largest absolute Gasteiger partial charge is 0.481 e. The van der Waals surface area contributed by atoms with Crippen molar-refractivity contribution in [2.24, 2.45) is 26.5 Å². The molecule has 12 heteroatoms. The van der Waals surface area contributed by atoms with E-state index in [0.717, 1.165) is 0 Å². The molecule has 0 aromatic heterocycles. The Labute approximate surface area is 187 Å². The van der Waals surface area contributed by atoms with E-state index in [9.17, 15) is 14.7 Å². The van der Waals surface area contributed by atoms with E-state index >= 15 is 0 Å². The molecule has 2 unspecified atom stereocenters. The number of nitriles is 2. The second-order valence-electron chi connectivity index (χ2n) is 9.85. The van der Waals surface area contributed by atoms with Crippen LogP contribution in [0.1, 0.15) is 74.7 Å². The van der Waals surface area contributed by atoms with E-state index in [4.69, 9.17) is 25.4 Å². The molecule has 0 aromatic rings. The average Bonchev–Trinajstić information content (AvgIpc) is 2.64. The van der Waals surface area contributed by atoms with Gasteiger partial charge in [0.1, 0.15) is 0 Å². The fraction of sp³-hybridized carbons (Fsp3) is 0.800. The first-order valence-corrected chi connectivity index (χ1v) is 9.76. The minimum Gasteiger partial charge on any atom is -0.481 e. The van der Waals surface area contributed by atoms with E-state index in [0.29, 0.717) is 0 Å². The van der Waals surface area contributed by atoms with Gasteiger partial charge < -0.3 is 10.2 Å². The van der Waals surface area contributed by atoms with Crippen molar-refractivity contribution in [3.8, 4) is 12.5 Å². The molecule has 0 spiro atoms. The van der Waals surface area contributed by atoms with Crippen molar-refractivity contribution in [3.63, 3.8) is 0 Å². The lowest BCUT2D eigenvalue weighted by Gasteiger charge is -2.52. The highest BCUT2D eigenvalue weighted by Gasteiger charge is 2.60. The van der Waals surface area contributed by atoms with Crippen molar-refractivity contribution >= 4 is 11.9 Å². The number of hydrogen-bond donors (Lipinski definition) is 2. The SMILES string of the molecule is CC(CCC(=O)O)(N=NC(C)(CC(C(=O)O)(C(C)(C)C)C(C)(C)C)OOC#N)OOC#N. The fourth-order valence-corrected chi connectivity index (χ4v) is 3.82. The van der Waals surface area contributed by atoms with Gasteiger partial charge in [-0.05, 0) is 24.7 Å². The molecule has 180 valence electrons. The van der Waals surface area contributed by atoms with Crippen LogP contribution in [0.3, 0.4) is 0 Å². The summed E-state index contributed by atoms with van der Waals surface area (Å²) in [5.74, 6) is -2.26. The lowest BCUT2D eigenvalue weighted by Crippen LogP contribution is -2.56. The molecule has 0 heterocycles. The molecule has 2 atom stereocenters. The van der Waals surface area contributed by atoms with Crippen molar-refractivity contribution in [2.75, 3.05) is 0 Å². The van der Waals surface area contributed by atoms with Crippen LogP contribution in [0.4, 0.5) is 0 Å². The van der Waals surface area contributed by atoms with Gasteiger partial charge in [0.25, 0.3) is 0 Å². The van der Waals surface area contributed by atoms with Crippen LogP contribution >= 0.6 is 0 Å². The van der Waals surface area contributed by atoms with Gasteiger partial charge in [-0.25, -0.2) is 0 Å². The standard InChI is InChI=1S/C20H32N4O8/c1-16(2,3)20(15(27)28,17(4,5)6)11-19(8,32-30-13-22)24-23-18(7,31-29-12-21)10-9-14(25)26/h9-11H2,1-8H3,(H,25,26)(H,27,28). The van der Waals surface area contributed by atoms with Crippen molar-refractivity contribution in [3.05, 3.63) is 0 Å². The molecule has 2 N–H and O–H groups in total. The smallest absolute Gasteiger partial charge is 0.324 e. The summed E-state index contributed by atoms with van der Waals surface area (Å²) in [6, 6.07) is 0. The Morgan fingerprint density at radius 3 is 1.56 bits per heavy atom. The molecule has 0 bridgehead atoms. The summed E-state index contributed by atoms with van der Waals surface area (Å²) in [4.78, 5) is 42.3. The molecular weight excluding hydrogens is 424 g/mol. The number of carboxylic acid groups (broad SMARTS) is 2. The van der Waals surface area contributed by atoms with Crippen LogP contribution in [0, 0.1) is 39.3 Å². The number of azo groups is 1. The molecule has 0 aliphatic heterocycles. The first kappa shape index (κ1) is 29.0. The van der Waals surface area contributed by atoms with Crippen LogP contribution in [0.25, 0.3) is 0 Å². The van der Waals surface area contributed by atoms with Gasteiger partial charge in [-0.2, -0.15) is 10.2 Å². The molecule has 0 fully saturated rings. The van der Waals surface area contributed by atoms with E-state index in [1.807, 2.05) is 0 Å². The summed E-state index contributed by atoms with van der Waals surface area (Å²) < 4.78 is 0. The molecule has 0 saturated carbocycles. The summed E-state index contributed by atoms with van der Waals surface area (Å²) >= 11 is 0. The second-order valence-corrected chi connectivity index (χ2v) is 9.85. The predicted molar refractivity (Wildman–Crippen MR) is 108 cm³/mol. The predicted octanol–water partition coefficient (Wildman–Crippen LogP) is 4.15. The van der Waals surface area contributed by atoms with Crippen LogP contribution < -0.4 is 0 Å². The number of carboxylic acids is 2. The van der Waals surface area contributed by atoms with E-state index in [1.165, 1.54) is 26.4 Å². The van der Waals surface area contributed by atoms with Gasteiger partial charge in [0, 0.05) is 12.8 Å². The number of nitrogens with zero attached hydrogens (tertiary/aromatic N) is 4. The maximum atomic E-state index is 12.6. The van der Waals surface area contributed by atoms with Crippen LogP contribution in [-0.2, 0) is 29.1 Å². The van der Waals surface area contributed by atoms with Gasteiger partial charge in [0.05, 0.1) is 11.8 Å². The molecule has 0 rings (SSSR count). The maximum absolute atomic E-state index is 12.6. The highest BCUT2D eigenvalue weighted by atomic mass is 17.2. The van der Waals surface area contributed by atoms with E-state index in [2.05, 4.69) is 20.0 Å². The van der Waals surface area contributed by atoms with E-state index < -0.39 is 39.6 Å². The van der Waals surface area contributed by atoms with Gasteiger partial charge >= 0.3 is 24.4 Å². The Balaban J connectivity index is 6.49. The highest BCUT2D eigenvalue weighted by Crippen LogP contribution is 2.56. The molecular formula is C20H32N4O8. The number of aliphatic carboxylic acids is 2. The first-order valence-electron chi connectivity index (χ1n) is 9.76. The monoisotopic (exact) mass is 456 g/mol. The zero-order chi connectivity index (χ0) is 25.4. The van der Waals surface area contributed by atoms with Gasteiger partial charge in [-0.3, -0.25) is 19.4 Å². The molecule has 0 radical (unpaired) electrons. The Kier molecular flexibility index (Phi) is 9.59. The zero-order valence-electron chi connectivity index (χ0n) is 19.8. The quantitative estimate of drug-likeness (QED) is 0.187. The average molecular weight is 456 g/mol. The number of hydrogen-bond acceptors (Lipinski definition) is 10. The molecule has 0 aromatic carbocycles. The summed E-state index contributed by atoms with van der Waals surface area (Å²) in [6.07, 6.45) is 1.73. The molecule has 0 amide bonds. The Hall–Kier alpha value is -2.96. The van der Waals surface area contributed by atoms with Crippen LogP contribution in [0.2, 0.25) is 0 Å². The molecule has 32 heavy (non-hydrogen) atoms. The summed E-state index contributed by atoms with van der Waals surface area (Å²) in [6.45, 7) is 13.2. The fourth-order valence-electron chi connectivity index (χ4n) is 3.82. The Morgan fingerprint density at radius 2 is 1.22 bits per heavy atom. The Bertz CT molecular complexity index is 773. The number of carbonyl (C=O) groups is 2. The molecule has 0 aliphatic carbocycles. The van der Waals surface area contributed by atoms with E-state index in [1.54, 1.807) is 41.5 Å². The lowest BCUT2D eigenvalue weighted by atomic mass is 9.51. The minimum atomic E-state index is -1.81. The van der Waals surface area contributed by atoms with Gasteiger partial charge in [-0.15, -0.1) is 20.3 Å². The van der Waals surface area contributed by atoms with Crippen molar-refractivity contribution in [2.45, 2.75) is 86.1 Å². The van der Waals surface area contributed by atoms with E-state index in [-0.39, 0.29) is 19.3 Å². The molecule has 0 aliphatic rings. The maximum Gasteiger partial charge on any atom is 0.324 e. The van der Waals surface area contributed by atoms with Crippen LogP contribution in [0.5, 0.6) is 0 Å². The molecule has 12 nitrogen and oxygen atoms in total.